The predicted molar refractivity (Wildman–Crippen MR) is 101 cm³/mol. The van der Waals surface area contributed by atoms with Gasteiger partial charge in [0.05, 0.1) is 6.54 Å². The fraction of sp³-hybridized carbons (Fsp3) is 0.136. The Bertz CT molecular complexity index is 765. The maximum Gasteiger partial charge on any atom is 0.102 e. The molecular formula is C22H22N2. The molecule has 0 unspecified atom stereocenters. The van der Waals surface area contributed by atoms with E-state index in [0.29, 0.717) is 12.4 Å². The lowest BCUT2D eigenvalue weighted by atomic mass is 9.91. The molecule has 3 rings (SSSR count). The number of rotatable bonds is 6. The largest absolute Gasteiger partial charge is 0.387 e. The van der Waals surface area contributed by atoms with E-state index in [2.05, 4.69) is 65.7 Å². The molecule has 0 spiro atoms. The lowest BCUT2D eigenvalue weighted by molar-refractivity contribution is 0.853. The summed E-state index contributed by atoms with van der Waals surface area (Å²) in [5.41, 5.74) is 10.0. The minimum Gasteiger partial charge on any atom is -0.387 e. The van der Waals surface area contributed by atoms with Crippen LogP contribution in [0.4, 0.5) is 0 Å². The highest BCUT2D eigenvalue weighted by atomic mass is 14.9. The molecule has 0 radical (unpaired) electrons. The molecule has 3 aromatic carbocycles. The summed E-state index contributed by atoms with van der Waals surface area (Å²) in [5, 5.41) is 0. The standard InChI is InChI=1S/C22H22N2/c23-22(24-17-19-12-6-2-7-13-19)21(20-14-8-3-9-15-20)16-18-10-4-1-5-11-18/h1-15,21H,16-17H2,(H2,23,24)/t21-/m0/s1. The molecule has 0 fully saturated rings. The van der Waals surface area contributed by atoms with Gasteiger partial charge in [0.1, 0.15) is 5.84 Å². The molecule has 2 heteroatoms. The van der Waals surface area contributed by atoms with Crippen LogP contribution in [0.15, 0.2) is 96.0 Å². The molecular weight excluding hydrogens is 292 g/mol. The molecule has 0 amide bonds. The summed E-state index contributed by atoms with van der Waals surface area (Å²) in [4.78, 5) is 4.66. The van der Waals surface area contributed by atoms with Crippen molar-refractivity contribution in [2.24, 2.45) is 10.7 Å². The molecule has 0 saturated heterocycles. The van der Waals surface area contributed by atoms with Gasteiger partial charge in [-0.05, 0) is 23.1 Å². The maximum atomic E-state index is 6.40. The Hall–Kier alpha value is -2.87. The normalized spacial score (nSPS) is 12.8. The highest BCUT2D eigenvalue weighted by molar-refractivity contribution is 5.87. The summed E-state index contributed by atoms with van der Waals surface area (Å²) >= 11 is 0. The van der Waals surface area contributed by atoms with Gasteiger partial charge in [0, 0.05) is 5.92 Å². The maximum absolute atomic E-state index is 6.40. The molecule has 1 atom stereocenters. The summed E-state index contributed by atoms with van der Waals surface area (Å²) in [7, 11) is 0. The van der Waals surface area contributed by atoms with E-state index in [1.165, 1.54) is 16.7 Å². The predicted octanol–water partition coefficient (Wildman–Crippen LogP) is 4.57. The van der Waals surface area contributed by atoms with E-state index in [1.54, 1.807) is 0 Å². The third-order valence-electron chi connectivity index (χ3n) is 4.13. The van der Waals surface area contributed by atoms with Crippen LogP contribution in [0, 0.1) is 0 Å². The minimum absolute atomic E-state index is 0.0947. The Morgan fingerprint density at radius 3 is 1.79 bits per heavy atom. The Balaban J connectivity index is 1.83. The summed E-state index contributed by atoms with van der Waals surface area (Å²) < 4.78 is 0. The third-order valence-corrected chi connectivity index (χ3v) is 4.13. The van der Waals surface area contributed by atoms with Crippen molar-refractivity contribution >= 4 is 5.84 Å². The summed E-state index contributed by atoms with van der Waals surface area (Å²) in [5.74, 6) is 0.784. The van der Waals surface area contributed by atoms with Gasteiger partial charge in [0.2, 0.25) is 0 Å². The number of amidine groups is 1. The number of nitrogens with two attached hydrogens (primary N) is 1. The van der Waals surface area contributed by atoms with Crippen LogP contribution in [0.25, 0.3) is 0 Å². The summed E-state index contributed by atoms with van der Waals surface area (Å²) in [6, 6.07) is 31.0. The smallest absolute Gasteiger partial charge is 0.102 e. The summed E-state index contributed by atoms with van der Waals surface area (Å²) in [6.07, 6.45) is 0.856. The fourth-order valence-corrected chi connectivity index (χ4v) is 2.80. The van der Waals surface area contributed by atoms with Crippen LogP contribution in [-0.4, -0.2) is 5.84 Å². The first kappa shape index (κ1) is 16.0. The van der Waals surface area contributed by atoms with Crippen LogP contribution >= 0.6 is 0 Å². The van der Waals surface area contributed by atoms with Crippen LogP contribution in [0.1, 0.15) is 22.6 Å². The topological polar surface area (TPSA) is 38.4 Å². The lowest BCUT2D eigenvalue weighted by Gasteiger charge is -2.17. The number of hydrogen-bond donors (Lipinski definition) is 1. The minimum atomic E-state index is 0.0947. The highest BCUT2D eigenvalue weighted by Gasteiger charge is 2.16. The zero-order valence-electron chi connectivity index (χ0n) is 13.7. The average Bonchev–Trinajstić information content (AvgIpc) is 2.66. The van der Waals surface area contributed by atoms with Gasteiger partial charge >= 0.3 is 0 Å². The summed E-state index contributed by atoms with van der Waals surface area (Å²) in [6.45, 7) is 0.616. The molecule has 0 bridgehead atoms. The number of benzene rings is 3. The SMILES string of the molecule is NC(=NCc1ccccc1)[C@@H](Cc1ccccc1)c1ccccc1. The van der Waals surface area contributed by atoms with Crippen molar-refractivity contribution in [3.63, 3.8) is 0 Å². The van der Waals surface area contributed by atoms with E-state index in [-0.39, 0.29) is 5.92 Å². The number of nitrogens with zero attached hydrogens (tertiary/aromatic N) is 1. The Morgan fingerprint density at radius 2 is 1.21 bits per heavy atom. The van der Waals surface area contributed by atoms with Gasteiger partial charge in [-0.3, -0.25) is 4.99 Å². The number of hydrogen-bond acceptors (Lipinski definition) is 1. The average molecular weight is 314 g/mol. The first-order valence-electron chi connectivity index (χ1n) is 8.25. The van der Waals surface area contributed by atoms with Crippen LogP contribution in [0.2, 0.25) is 0 Å². The number of aliphatic imine (C=N–C) groups is 1. The van der Waals surface area contributed by atoms with Crippen molar-refractivity contribution in [1.29, 1.82) is 0 Å². The second-order valence-corrected chi connectivity index (χ2v) is 5.88. The van der Waals surface area contributed by atoms with Gasteiger partial charge in [-0.25, -0.2) is 0 Å². The molecule has 2 nitrogen and oxygen atoms in total. The van der Waals surface area contributed by atoms with Crippen LogP contribution in [-0.2, 0) is 13.0 Å². The van der Waals surface area contributed by atoms with E-state index in [1.807, 2.05) is 30.3 Å². The van der Waals surface area contributed by atoms with Gasteiger partial charge in [-0.2, -0.15) is 0 Å². The van der Waals surface area contributed by atoms with Crippen LogP contribution < -0.4 is 5.73 Å². The van der Waals surface area contributed by atoms with Gasteiger partial charge in [0.15, 0.2) is 0 Å². The van der Waals surface area contributed by atoms with Gasteiger partial charge in [0.25, 0.3) is 0 Å². The van der Waals surface area contributed by atoms with Gasteiger partial charge < -0.3 is 5.73 Å². The molecule has 120 valence electrons. The lowest BCUT2D eigenvalue weighted by Crippen LogP contribution is -2.24. The first-order chi connectivity index (χ1) is 11.8. The van der Waals surface area contributed by atoms with Crippen molar-refractivity contribution in [3.05, 3.63) is 108 Å². The molecule has 0 aromatic heterocycles. The molecule has 3 aromatic rings. The Labute approximate surface area is 143 Å². The second kappa shape index (κ2) is 8.11. The monoisotopic (exact) mass is 314 g/mol. The van der Waals surface area contributed by atoms with Gasteiger partial charge in [-0.15, -0.1) is 0 Å². The molecule has 24 heavy (non-hydrogen) atoms. The highest BCUT2D eigenvalue weighted by Crippen LogP contribution is 2.21. The van der Waals surface area contributed by atoms with E-state index in [0.717, 1.165) is 6.42 Å². The van der Waals surface area contributed by atoms with Crippen molar-refractivity contribution in [1.82, 2.24) is 0 Å². The molecule has 0 aliphatic heterocycles. The quantitative estimate of drug-likeness (QED) is 0.525. The molecule has 0 heterocycles. The van der Waals surface area contributed by atoms with Gasteiger partial charge in [-0.1, -0.05) is 91.0 Å². The molecule has 0 aliphatic rings. The Morgan fingerprint density at radius 1 is 0.708 bits per heavy atom. The zero-order chi connectivity index (χ0) is 16.6. The fourth-order valence-electron chi connectivity index (χ4n) is 2.80. The third kappa shape index (κ3) is 4.32. The van der Waals surface area contributed by atoms with Crippen molar-refractivity contribution in [3.8, 4) is 0 Å². The van der Waals surface area contributed by atoms with Crippen molar-refractivity contribution in [2.75, 3.05) is 0 Å². The zero-order valence-corrected chi connectivity index (χ0v) is 13.7. The second-order valence-electron chi connectivity index (χ2n) is 5.88. The molecule has 2 N–H and O–H groups in total. The van der Waals surface area contributed by atoms with Crippen LogP contribution in [0.3, 0.4) is 0 Å². The molecule has 0 saturated carbocycles. The Kier molecular flexibility index (Phi) is 5.41. The van der Waals surface area contributed by atoms with E-state index >= 15 is 0 Å². The van der Waals surface area contributed by atoms with E-state index in [9.17, 15) is 0 Å². The molecule has 0 aliphatic carbocycles. The van der Waals surface area contributed by atoms with Crippen molar-refractivity contribution < 1.29 is 0 Å². The van der Waals surface area contributed by atoms with E-state index < -0.39 is 0 Å². The first-order valence-corrected chi connectivity index (χ1v) is 8.25. The van der Waals surface area contributed by atoms with E-state index in [4.69, 9.17) is 5.73 Å². The van der Waals surface area contributed by atoms with Crippen molar-refractivity contribution in [2.45, 2.75) is 18.9 Å². The van der Waals surface area contributed by atoms with Crippen LogP contribution in [0.5, 0.6) is 0 Å².